The summed E-state index contributed by atoms with van der Waals surface area (Å²) < 4.78 is 39.6. The van der Waals surface area contributed by atoms with Crippen molar-refractivity contribution in [2.24, 2.45) is 0 Å². The van der Waals surface area contributed by atoms with Gasteiger partial charge in [0.25, 0.3) is 0 Å². The molecule has 0 spiro atoms. The van der Waals surface area contributed by atoms with Crippen molar-refractivity contribution >= 4 is 16.1 Å². The van der Waals surface area contributed by atoms with E-state index in [4.69, 9.17) is 0 Å². The number of hydrogen-bond donors (Lipinski definition) is 2. The summed E-state index contributed by atoms with van der Waals surface area (Å²) in [5, 5.41) is 5.99. The van der Waals surface area contributed by atoms with Gasteiger partial charge in [-0.3, -0.25) is 0 Å². The van der Waals surface area contributed by atoms with Gasteiger partial charge < -0.3 is 10.6 Å². The van der Waals surface area contributed by atoms with E-state index in [9.17, 15) is 17.6 Å². The molecule has 0 unspecified atom stereocenters. The van der Waals surface area contributed by atoms with E-state index in [1.807, 2.05) is 0 Å². The highest BCUT2D eigenvalue weighted by atomic mass is 32.2. The highest BCUT2D eigenvalue weighted by Gasteiger charge is 2.30. The first-order valence-electron chi connectivity index (χ1n) is 9.28. The first kappa shape index (κ1) is 19.1. The van der Waals surface area contributed by atoms with Crippen molar-refractivity contribution in [3.8, 4) is 0 Å². The Kier molecular flexibility index (Phi) is 6.13. The molecule has 1 aliphatic heterocycles. The predicted octanol–water partition coefficient (Wildman–Crippen LogP) is 2.61. The Bertz CT molecular complexity index is 710. The van der Waals surface area contributed by atoms with Crippen LogP contribution in [0.25, 0.3) is 0 Å². The van der Waals surface area contributed by atoms with Gasteiger partial charge in [-0.1, -0.05) is 19.3 Å². The van der Waals surface area contributed by atoms with Crippen LogP contribution in [0.2, 0.25) is 0 Å². The smallest absolute Gasteiger partial charge is 0.315 e. The Hall–Kier alpha value is -1.67. The number of carbonyl (C=O) groups is 1. The SMILES string of the molecule is O=C(NC1CCCCC1)NC1CCN(S(=O)(=O)c2ccc(F)cc2)CC1. The zero-order valence-electron chi connectivity index (χ0n) is 14.8. The molecule has 6 nitrogen and oxygen atoms in total. The number of carbonyl (C=O) groups excluding carboxylic acids is 1. The summed E-state index contributed by atoms with van der Waals surface area (Å²) in [6.45, 7) is 0.683. The summed E-state index contributed by atoms with van der Waals surface area (Å²) in [7, 11) is -3.62. The van der Waals surface area contributed by atoms with Crippen LogP contribution in [0, 0.1) is 5.82 Å². The van der Waals surface area contributed by atoms with Crippen molar-refractivity contribution in [1.82, 2.24) is 14.9 Å². The second-order valence-corrected chi connectivity index (χ2v) is 9.02. The Morgan fingerprint density at radius 1 is 0.923 bits per heavy atom. The minimum Gasteiger partial charge on any atom is -0.335 e. The van der Waals surface area contributed by atoms with Crippen LogP contribution in [0.5, 0.6) is 0 Å². The zero-order valence-corrected chi connectivity index (χ0v) is 15.6. The van der Waals surface area contributed by atoms with Gasteiger partial charge in [0.05, 0.1) is 4.90 Å². The molecule has 2 aliphatic rings. The van der Waals surface area contributed by atoms with Gasteiger partial charge in [0.15, 0.2) is 0 Å². The van der Waals surface area contributed by atoms with Crippen LogP contribution in [-0.4, -0.2) is 43.9 Å². The van der Waals surface area contributed by atoms with Gasteiger partial charge in [0.2, 0.25) is 10.0 Å². The lowest BCUT2D eigenvalue weighted by Gasteiger charge is -2.32. The van der Waals surface area contributed by atoms with Crippen molar-refractivity contribution in [2.45, 2.75) is 61.9 Å². The molecule has 1 saturated carbocycles. The molecule has 1 saturated heterocycles. The third-order valence-corrected chi connectivity index (χ3v) is 7.09. The van der Waals surface area contributed by atoms with Crippen molar-refractivity contribution < 1.29 is 17.6 Å². The van der Waals surface area contributed by atoms with Gasteiger partial charge >= 0.3 is 6.03 Å². The molecule has 1 aromatic carbocycles. The van der Waals surface area contributed by atoms with Crippen LogP contribution in [0.15, 0.2) is 29.2 Å². The number of amides is 2. The molecule has 0 atom stereocenters. The van der Waals surface area contributed by atoms with E-state index in [-0.39, 0.29) is 23.0 Å². The van der Waals surface area contributed by atoms with Crippen molar-refractivity contribution in [3.05, 3.63) is 30.1 Å². The van der Waals surface area contributed by atoms with Crippen LogP contribution in [0.4, 0.5) is 9.18 Å². The number of hydrogen-bond acceptors (Lipinski definition) is 3. The molecule has 2 amide bonds. The highest BCUT2D eigenvalue weighted by molar-refractivity contribution is 7.89. The maximum Gasteiger partial charge on any atom is 0.315 e. The summed E-state index contributed by atoms with van der Waals surface area (Å²) in [5.41, 5.74) is 0. The Balaban J connectivity index is 1.49. The molecule has 8 heteroatoms. The van der Waals surface area contributed by atoms with E-state index in [0.717, 1.165) is 37.8 Å². The van der Waals surface area contributed by atoms with E-state index in [1.54, 1.807) is 0 Å². The fraction of sp³-hybridized carbons (Fsp3) is 0.611. The number of benzene rings is 1. The number of sulfonamides is 1. The molecule has 2 N–H and O–H groups in total. The molecule has 0 bridgehead atoms. The summed E-state index contributed by atoms with van der Waals surface area (Å²) >= 11 is 0. The Labute approximate surface area is 154 Å². The van der Waals surface area contributed by atoms with E-state index >= 15 is 0 Å². The second kappa shape index (κ2) is 8.35. The normalized spacial score (nSPS) is 20.7. The average molecular weight is 383 g/mol. The quantitative estimate of drug-likeness (QED) is 0.839. The monoisotopic (exact) mass is 383 g/mol. The number of halogens is 1. The summed E-state index contributed by atoms with van der Waals surface area (Å²) in [6, 6.07) is 4.94. The van der Waals surface area contributed by atoms with Crippen LogP contribution < -0.4 is 10.6 Å². The van der Waals surface area contributed by atoms with Crippen molar-refractivity contribution in [2.75, 3.05) is 13.1 Å². The average Bonchev–Trinajstić information content (AvgIpc) is 2.63. The van der Waals surface area contributed by atoms with Gasteiger partial charge in [-0.15, -0.1) is 0 Å². The van der Waals surface area contributed by atoms with Crippen LogP contribution in [0.3, 0.4) is 0 Å². The number of nitrogens with zero attached hydrogens (tertiary/aromatic N) is 1. The fourth-order valence-corrected chi connectivity index (χ4v) is 5.13. The first-order valence-corrected chi connectivity index (χ1v) is 10.7. The van der Waals surface area contributed by atoms with Gasteiger partial charge in [0.1, 0.15) is 5.82 Å². The maximum atomic E-state index is 13.0. The van der Waals surface area contributed by atoms with Gasteiger partial charge in [0, 0.05) is 25.2 Å². The van der Waals surface area contributed by atoms with Gasteiger partial charge in [-0.25, -0.2) is 17.6 Å². The van der Waals surface area contributed by atoms with Crippen molar-refractivity contribution in [1.29, 1.82) is 0 Å². The maximum absolute atomic E-state index is 13.0. The molecule has 1 aromatic rings. The molecular formula is C18H26FN3O3S. The molecule has 3 rings (SSSR count). The third kappa shape index (κ3) is 4.73. The number of urea groups is 1. The minimum atomic E-state index is -3.62. The number of rotatable bonds is 4. The fourth-order valence-electron chi connectivity index (χ4n) is 3.66. The molecule has 144 valence electrons. The van der Waals surface area contributed by atoms with E-state index < -0.39 is 15.8 Å². The lowest BCUT2D eigenvalue weighted by Crippen LogP contribution is -2.51. The first-order chi connectivity index (χ1) is 12.4. The predicted molar refractivity (Wildman–Crippen MR) is 96.7 cm³/mol. The van der Waals surface area contributed by atoms with E-state index in [1.165, 1.54) is 22.9 Å². The van der Waals surface area contributed by atoms with Crippen LogP contribution in [0.1, 0.15) is 44.9 Å². The van der Waals surface area contributed by atoms with Crippen molar-refractivity contribution in [3.63, 3.8) is 0 Å². The molecule has 2 fully saturated rings. The highest BCUT2D eigenvalue weighted by Crippen LogP contribution is 2.21. The Morgan fingerprint density at radius 2 is 1.46 bits per heavy atom. The topological polar surface area (TPSA) is 78.5 Å². The number of piperidine rings is 1. The van der Waals surface area contributed by atoms with Crippen LogP contribution in [-0.2, 0) is 10.0 Å². The molecule has 1 heterocycles. The molecule has 0 radical (unpaired) electrons. The molecule has 1 aliphatic carbocycles. The lowest BCUT2D eigenvalue weighted by molar-refractivity contribution is 0.220. The van der Waals surface area contributed by atoms with E-state index in [0.29, 0.717) is 25.9 Å². The molecule has 26 heavy (non-hydrogen) atoms. The third-order valence-electron chi connectivity index (χ3n) is 5.18. The molecule has 0 aromatic heterocycles. The minimum absolute atomic E-state index is 0.0294. The standard InChI is InChI=1S/C18H26FN3O3S/c19-14-6-8-17(9-7-14)26(24,25)22-12-10-16(11-13-22)21-18(23)20-15-4-2-1-3-5-15/h6-9,15-16H,1-5,10-13H2,(H2,20,21,23). The summed E-state index contributed by atoms with van der Waals surface area (Å²) in [6.07, 6.45) is 6.75. The van der Waals surface area contributed by atoms with Gasteiger partial charge in [-0.2, -0.15) is 4.31 Å². The van der Waals surface area contributed by atoms with Crippen LogP contribution >= 0.6 is 0 Å². The second-order valence-electron chi connectivity index (χ2n) is 7.09. The van der Waals surface area contributed by atoms with E-state index in [2.05, 4.69) is 10.6 Å². The number of nitrogens with one attached hydrogen (secondary N) is 2. The molecular weight excluding hydrogens is 357 g/mol. The Morgan fingerprint density at radius 3 is 2.04 bits per heavy atom. The summed E-state index contributed by atoms with van der Waals surface area (Å²) in [4.78, 5) is 12.2. The lowest BCUT2D eigenvalue weighted by atomic mass is 9.96. The summed E-state index contributed by atoms with van der Waals surface area (Å²) in [5.74, 6) is -0.462. The zero-order chi connectivity index (χ0) is 18.6. The largest absolute Gasteiger partial charge is 0.335 e. The van der Waals surface area contributed by atoms with Gasteiger partial charge in [-0.05, 0) is 49.9 Å².